The van der Waals surface area contributed by atoms with Crippen LogP contribution in [-0.2, 0) is 9.84 Å². The van der Waals surface area contributed by atoms with E-state index >= 15 is 0 Å². The summed E-state index contributed by atoms with van der Waals surface area (Å²) in [6.45, 7) is 0.839. The molecule has 1 aromatic rings. The van der Waals surface area contributed by atoms with E-state index < -0.39 is 9.84 Å². The Morgan fingerprint density at radius 2 is 2.12 bits per heavy atom. The number of allylic oxidation sites excluding steroid dienone is 1. The van der Waals surface area contributed by atoms with Crippen molar-refractivity contribution in [1.82, 2.24) is 5.32 Å². The number of sulfone groups is 1. The lowest BCUT2D eigenvalue weighted by molar-refractivity contribution is 0.459. The van der Waals surface area contributed by atoms with Crippen LogP contribution in [0.25, 0.3) is 5.57 Å². The van der Waals surface area contributed by atoms with Gasteiger partial charge in [0.05, 0.1) is 0 Å². The summed E-state index contributed by atoms with van der Waals surface area (Å²) in [7, 11) is -1.59. The van der Waals surface area contributed by atoms with Crippen molar-refractivity contribution in [2.45, 2.75) is 17.7 Å². The number of aromatic hydroxyl groups is 1. The monoisotopic (exact) mass is 253 g/mol. The van der Waals surface area contributed by atoms with Gasteiger partial charge in [-0.05, 0) is 38.1 Å². The molecule has 0 radical (unpaired) electrons. The predicted molar refractivity (Wildman–Crippen MR) is 66.4 cm³/mol. The number of fused-ring (bicyclic) bond motifs is 1. The Labute approximate surface area is 101 Å². The highest BCUT2D eigenvalue weighted by Crippen LogP contribution is 2.40. The second-order valence-electron chi connectivity index (χ2n) is 4.05. The molecule has 4 nitrogen and oxygen atoms in total. The van der Waals surface area contributed by atoms with E-state index in [4.69, 9.17) is 0 Å². The second-order valence-corrected chi connectivity index (χ2v) is 5.78. The van der Waals surface area contributed by atoms with E-state index in [-0.39, 0.29) is 10.6 Å². The van der Waals surface area contributed by atoms with Gasteiger partial charge < -0.3 is 10.4 Å². The first kappa shape index (κ1) is 12.1. The van der Waals surface area contributed by atoms with Crippen LogP contribution in [0.5, 0.6) is 5.75 Å². The number of nitrogens with one attached hydrogen (secondary N) is 1. The Hall–Kier alpha value is -1.33. The van der Waals surface area contributed by atoms with Gasteiger partial charge in [0.1, 0.15) is 10.6 Å². The molecule has 0 amide bonds. The molecule has 1 aliphatic rings. The zero-order valence-electron chi connectivity index (χ0n) is 9.60. The summed E-state index contributed by atoms with van der Waals surface area (Å²) < 4.78 is 23.7. The molecule has 0 spiro atoms. The number of hydrogen-bond acceptors (Lipinski definition) is 4. The summed E-state index contributed by atoms with van der Waals surface area (Å²) >= 11 is 0. The lowest BCUT2D eigenvalue weighted by atomic mass is 10.0. The minimum Gasteiger partial charge on any atom is -0.507 e. The molecule has 0 saturated carbocycles. The molecule has 1 aliphatic heterocycles. The van der Waals surface area contributed by atoms with E-state index in [1.54, 1.807) is 12.1 Å². The van der Waals surface area contributed by atoms with Gasteiger partial charge in [0.15, 0.2) is 0 Å². The average molecular weight is 253 g/mol. The van der Waals surface area contributed by atoms with Crippen LogP contribution in [0.3, 0.4) is 0 Å². The topological polar surface area (TPSA) is 66.4 Å². The quantitative estimate of drug-likeness (QED) is 0.798. The molecular weight excluding hydrogens is 238 g/mol. The fraction of sp³-hybridized carbons (Fsp3) is 0.333. The molecule has 92 valence electrons. The summed E-state index contributed by atoms with van der Waals surface area (Å²) in [5, 5.41) is 13.9. The molecule has 5 heteroatoms. The summed E-state index contributed by atoms with van der Waals surface area (Å²) in [6.07, 6.45) is 1.56. The molecule has 17 heavy (non-hydrogen) atoms. The van der Waals surface area contributed by atoms with Gasteiger partial charge in [0.25, 0.3) is 0 Å². The van der Waals surface area contributed by atoms with Gasteiger partial charge in [-0.1, -0.05) is 12.1 Å². The third-order valence-corrected chi connectivity index (χ3v) is 4.39. The molecule has 0 saturated heterocycles. The van der Waals surface area contributed by atoms with Crippen molar-refractivity contribution in [3.05, 3.63) is 29.2 Å². The van der Waals surface area contributed by atoms with Gasteiger partial charge in [-0.25, -0.2) is 8.42 Å². The first-order valence-electron chi connectivity index (χ1n) is 5.49. The van der Waals surface area contributed by atoms with Crippen molar-refractivity contribution in [3.63, 3.8) is 0 Å². The van der Waals surface area contributed by atoms with Crippen molar-refractivity contribution >= 4 is 15.4 Å². The second kappa shape index (κ2) is 4.50. The summed E-state index contributed by atoms with van der Waals surface area (Å²) in [5.41, 5.74) is 1.42. The molecule has 1 heterocycles. The maximum absolute atomic E-state index is 11.9. The SMILES string of the molecule is CNCCCC1=CS(=O)(=O)c2c(O)cccc21. The van der Waals surface area contributed by atoms with Gasteiger partial charge in [-0.15, -0.1) is 0 Å². The molecule has 0 fully saturated rings. The number of phenols is 1. The van der Waals surface area contributed by atoms with Crippen molar-refractivity contribution in [2.24, 2.45) is 0 Å². The van der Waals surface area contributed by atoms with Crippen LogP contribution in [0.1, 0.15) is 18.4 Å². The number of phenolic OH excluding ortho intramolecular Hbond substituents is 1. The molecule has 2 N–H and O–H groups in total. The molecule has 0 aliphatic carbocycles. The Kier molecular flexibility index (Phi) is 3.22. The molecule has 0 unspecified atom stereocenters. The smallest absolute Gasteiger partial charge is 0.204 e. The Balaban J connectivity index is 2.37. The van der Waals surface area contributed by atoms with Crippen LogP contribution in [-0.4, -0.2) is 27.1 Å². The standard InChI is InChI=1S/C12H15NO3S/c1-13-7-3-4-9-8-17(15,16)12-10(9)5-2-6-11(12)14/h2,5-6,8,13-14H,3-4,7H2,1H3. The summed E-state index contributed by atoms with van der Waals surface area (Å²) in [6, 6.07) is 4.81. The Morgan fingerprint density at radius 3 is 2.82 bits per heavy atom. The first-order valence-corrected chi connectivity index (χ1v) is 7.03. The van der Waals surface area contributed by atoms with E-state index in [0.29, 0.717) is 12.0 Å². The molecule has 2 rings (SSSR count). The fourth-order valence-corrected chi connectivity index (χ4v) is 3.64. The Morgan fingerprint density at radius 1 is 1.35 bits per heavy atom. The summed E-state index contributed by atoms with van der Waals surface area (Å²) in [5.74, 6) is -0.164. The zero-order chi connectivity index (χ0) is 12.5. The maximum Gasteiger partial charge on any atom is 0.204 e. The van der Waals surface area contributed by atoms with Gasteiger partial charge >= 0.3 is 0 Å². The van der Waals surface area contributed by atoms with Crippen molar-refractivity contribution in [2.75, 3.05) is 13.6 Å². The highest BCUT2D eigenvalue weighted by atomic mass is 32.2. The third-order valence-electron chi connectivity index (χ3n) is 2.80. The van der Waals surface area contributed by atoms with E-state index in [1.807, 2.05) is 7.05 Å². The van der Waals surface area contributed by atoms with Crippen molar-refractivity contribution in [3.8, 4) is 5.75 Å². The van der Waals surface area contributed by atoms with Gasteiger partial charge in [0.2, 0.25) is 9.84 Å². The number of benzene rings is 1. The van der Waals surface area contributed by atoms with Crippen LogP contribution in [0.15, 0.2) is 28.5 Å². The van der Waals surface area contributed by atoms with Gasteiger partial charge in [-0.3, -0.25) is 0 Å². The highest BCUT2D eigenvalue weighted by Gasteiger charge is 2.29. The van der Waals surface area contributed by atoms with Gasteiger partial charge in [0, 0.05) is 11.0 Å². The largest absolute Gasteiger partial charge is 0.507 e. The Bertz CT molecular complexity index is 561. The molecular formula is C12H15NO3S. The van der Waals surface area contributed by atoms with Crippen LogP contribution in [0.2, 0.25) is 0 Å². The lowest BCUT2D eigenvalue weighted by Gasteiger charge is -2.05. The van der Waals surface area contributed by atoms with E-state index in [1.165, 1.54) is 11.5 Å². The number of rotatable bonds is 4. The van der Waals surface area contributed by atoms with E-state index in [2.05, 4.69) is 5.32 Å². The molecule has 1 aromatic carbocycles. The van der Waals surface area contributed by atoms with Crippen LogP contribution in [0.4, 0.5) is 0 Å². The molecule has 0 bridgehead atoms. The molecule has 0 aromatic heterocycles. The van der Waals surface area contributed by atoms with Crippen LogP contribution < -0.4 is 5.32 Å². The van der Waals surface area contributed by atoms with Crippen LogP contribution >= 0.6 is 0 Å². The lowest BCUT2D eigenvalue weighted by Crippen LogP contribution is -2.07. The van der Waals surface area contributed by atoms with Gasteiger partial charge in [-0.2, -0.15) is 0 Å². The zero-order valence-corrected chi connectivity index (χ0v) is 10.4. The van der Waals surface area contributed by atoms with E-state index in [0.717, 1.165) is 18.5 Å². The average Bonchev–Trinajstić information content (AvgIpc) is 2.52. The van der Waals surface area contributed by atoms with Crippen LogP contribution in [0, 0.1) is 0 Å². The third kappa shape index (κ3) is 2.21. The minimum absolute atomic E-state index is 0.0551. The molecule has 0 atom stereocenters. The minimum atomic E-state index is -3.46. The predicted octanol–water partition coefficient (Wildman–Crippen LogP) is 1.52. The van der Waals surface area contributed by atoms with Crippen molar-refractivity contribution < 1.29 is 13.5 Å². The summed E-state index contributed by atoms with van der Waals surface area (Å²) in [4.78, 5) is 0.0551. The normalized spacial score (nSPS) is 16.6. The first-order chi connectivity index (χ1) is 8.06. The van der Waals surface area contributed by atoms with Crippen molar-refractivity contribution in [1.29, 1.82) is 0 Å². The fourth-order valence-electron chi connectivity index (χ4n) is 2.04. The maximum atomic E-state index is 11.9. The number of hydrogen-bond donors (Lipinski definition) is 2. The highest BCUT2D eigenvalue weighted by molar-refractivity contribution is 7.95. The van der Waals surface area contributed by atoms with E-state index in [9.17, 15) is 13.5 Å².